The first-order valence-corrected chi connectivity index (χ1v) is 6.40. The molecule has 0 fully saturated rings. The fraction of sp³-hybridized carbons (Fsp3) is 0.462. The van der Waals surface area contributed by atoms with E-state index in [-0.39, 0.29) is 17.7 Å². The van der Waals surface area contributed by atoms with Crippen molar-refractivity contribution >= 4 is 11.6 Å². The summed E-state index contributed by atoms with van der Waals surface area (Å²) in [5.74, 6) is 0.730. The number of hydrogen-bond acceptors (Lipinski definition) is 4. The van der Waals surface area contributed by atoms with Gasteiger partial charge in [-0.3, -0.25) is 9.20 Å². The van der Waals surface area contributed by atoms with Crippen molar-refractivity contribution in [3.05, 3.63) is 30.2 Å². The molecular weight excluding hydrogens is 242 g/mol. The van der Waals surface area contributed by atoms with Crippen LogP contribution >= 0.6 is 0 Å². The zero-order valence-electron chi connectivity index (χ0n) is 11.2. The van der Waals surface area contributed by atoms with Gasteiger partial charge in [0.15, 0.2) is 11.5 Å². The van der Waals surface area contributed by atoms with E-state index in [1.165, 1.54) is 0 Å². The van der Waals surface area contributed by atoms with E-state index in [1.54, 1.807) is 0 Å². The third-order valence-corrected chi connectivity index (χ3v) is 3.20. The molecule has 0 radical (unpaired) electrons. The molecule has 19 heavy (non-hydrogen) atoms. The summed E-state index contributed by atoms with van der Waals surface area (Å²) in [7, 11) is 0. The molecule has 0 aliphatic heterocycles. The Kier molecular flexibility index (Phi) is 4.11. The lowest BCUT2D eigenvalue weighted by Crippen LogP contribution is -2.37. The van der Waals surface area contributed by atoms with Crippen molar-refractivity contribution in [3.63, 3.8) is 0 Å². The third kappa shape index (κ3) is 2.90. The fourth-order valence-corrected chi connectivity index (χ4v) is 1.99. The average Bonchev–Trinajstić information content (AvgIpc) is 2.80. The van der Waals surface area contributed by atoms with E-state index in [2.05, 4.69) is 15.5 Å². The SMILES string of the molecule is CC(C)C(CN)C(=O)NCc1nnc2ccccn12. The summed E-state index contributed by atoms with van der Waals surface area (Å²) in [5, 5.41) is 11.0. The zero-order valence-corrected chi connectivity index (χ0v) is 11.2. The molecule has 2 aromatic rings. The molecule has 0 spiro atoms. The first-order chi connectivity index (χ1) is 9.13. The van der Waals surface area contributed by atoms with E-state index in [1.807, 2.05) is 42.6 Å². The molecule has 0 aliphatic rings. The Bertz CT molecular complexity index is 563. The molecule has 102 valence electrons. The second-order valence-electron chi connectivity index (χ2n) is 4.85. The van der Waals surface area contributed by atoms with E-state index in [9.17, 15) is 4.79 Å². The van der Waals surface area contributed by atoms with Gasteiger partial charge in [0.2, 0.25) is 5.91 Å². The van der Waals surface area contributed by atoms with Crippen LogP contribution in [0.2, 0.25) is 0 Å². The number of fused-ring (bicyclic) bond motifs is 1. The van der Waals surface area contributed by atoms with Crippen molar-refractivity contribution in [2.24, 2.45) is 17.6 Å². The Labute approximate surface area is 112 Å². The number of nitrogens with two attached hydrogens (primary N) is 1. The second-order valence-corrected chi connectivity index (χ2v) is 4.85. The normalized spacial score (nSPS) is 12.8. The predicted octanol–water partition coefficient (Wildman–Crippen LogP) is 0.576. The number of pyridine rings is 1. The largest absolute Gasteiger partial charge is 0.348 e. The molecule has 3 N–H and O–H groups in total. The first-order valence-electron chi connectivity index (χ1n) is 6.40. The summed E-state index contributed by atoms with van der Waals surface area (Å²) in [6.45, 7) is 4.68. The molecule has 0 aliphatic carbocycles. The van der Waals surface area contributed by atoms with Crippen molar-refractivity contribution in [1.82, 2.24) is 19.9 Å². The number of carbonyl (C=O) groups is 1. The number of carbonyl (C=O) groups excluding carboxylic acids is 1. The van der Waals surface area contributed by atoms with Crippen molar-refractivity contribution in [2.45, 2.75) is 20.4 Å². The maximum atomic E-state index is 12.0. The number of nitrogens with zero attached hydrogens (tertiary/aromatic N) is 3. The van der Waals surface area contributed by atoms with Gasteiger partial charge in [-0.2, -0.15) is 0 Å². The van der Waals surface area contributed by atoms with Gasteiger partial charge in [-0.1, -0.05) is 19.9 Å². The van der Waals surface area contributed by atoms with Crippen LogP contribution in [0.3, 0.4) is 0 Å². The van der Waals surface area contributed by atoms with Crippen molar-refractivity contribution in [2.75, 3.05) is 6.54 Å². The van der Waals surface area contributed by atoms with Crippen LogP contribution in [0.5, 0.6) is 0 Å². The lowest BCUT2D eigenvalue weighted by Gasteiger charge is -2.17. The van der Waals surface area contributed by atoms with Gasteiger partial charge in [0.05, 0.1) is 12.5 Å². The van der Waals surface area contributed by atoms with Crippen molar-refractivity contribution < 1.29 is 4.79 Å². The number of amides is 1. The molecule has 1 amide bonds. The van der Waals surface area contributed by atoms with Crippen LogP contribution in [0.4, 0.5) is 0 Å². The Morgan fingerprint density at radius 2 is 2.21 bits per heavy atom. The minimum absolute atomic E-state index is 0.0369. The van der Waals surface area contributed by atoms with Crippen molar-refractivity contribution in [1.29, 1.82) is 0 Å². The fourth-order valence-electron chi connectivity index (χ4n) is 1.99. The first kappa shape index (κ1) is 13.5. The lowest BCUT2D eigenvalue weighted by molar-refractivity contribution is -0.126. The lowest BCUT2D eigenvalue weighted by atomic mass is 9.95. The monoisotopic (exact) mass is 261 g/mol. The zero-order chi connectivity index (χ0) is 13.8. The molecule has 1 atom stereocenters. The summed E-state index contributed by atoms with van der Waals surface area (Å²) in [4.78, 5) is 12.0. The number of hydrogen-bond donors (Lipinski definition) is 2. The smallest absolute Gasteiger partial charge is 0.225 e. The summed E-state index contributed by atoms with van der Waals surface area (Å²) in [6, 6.07) is 5.67. The molecule has 0 bridgehead atoms. The summed E-state index contributed by atoms with van der Waals surface area (Å²) in [6.07, 6.45) is 1.87. The predicted molar refractivity (Wildman–Crippen MR) is 72.2 cm³/mol. The van der Waals surface area contributed by atoms with Gasteiger partial charge in [-0.15, -0.1) is 10.2 Å². The van der Waals surface area contributed by atoms with Crippen LogP contribution in [0.25, 0.3) is 5.65 Å². The number of rotatable bonds is 5. The van der Waals surface area contributed by atoms with Gasteiger partial charge < -0.3 is 11.1 Å². The molecule has 0 saturated carbocycles. The maximum absolute atomic E-state index is 12.0. The summed E-state index contributed by atoms with van der Waals surface area (Å²) >= 11 is 0. The minimum Gasteiger partial charge on any atom is -0.348 e. The molecular formula is C13H19N5O. The van der Waals surface area contributed by atoms with Crippen LogP contribution < -0.4 is 11.1 Å². The van der Waals surface area contributed by atoms with Crippen molar-refractivity contribution in [3.8, 4) is 0 Å². The Hall–Kier alpha value is -1.95. The highest BCUT2D eigenvalue weighted by Crippen LogP contribution is 2.09. The highest BCUT2D eigenvalue weighted by molar-refractivity contribution is 5.79. The molecule has 2 rings (SSSR count). The van der Waals surface area contributed by atoms with E-state index in [0.717, 1.165) is 5.65 Å². The van der Waals surface area contributed by atoms with Crippen LogP contribution in [0, 0.1) is 11.8 Å². The van der Waals surface area contributed by atoms with Gasteiger partial charge >= 0.3 is 0 Å². The second kappa shape index (κ2) is 5.79. The van der Waals surface area contributed by atoms with Gasteiger partial charge in [0.25, 0.3) is 0 Å². The van der Waals surface area contributed by atoms with Crippen LogP contribution in [0.15, 0.2) is 24.4 Å². The molecule has 0 aromatic carbocycles. The Morgan fingerprint density at radius 1 is 1.42 bits per heavy atom. The van der Waals surface area contributed by atoms with Gasteiger partial charge in [-0.05, 0) is 18.1 Å². The van der Waals surface area contributed by atoms with Gasteiger partial charge in [-0.25, -0.2) is 0 Å². The van der Waals surface area contributed by atoms with Gasteiger partial charge in [0, 0.05) is 12.7 Å². The standard InChI is InChI=1S/C13H19N5O/c1-9(2)10(7-14)13(19)15-8-12-17-16-11-5-3-4-6-18(11)12/h3-6,9-10H,7-8,14H2,1-2H3,(H,15,19). The number of nitrogens with one attached hydrogen (secondary N) is 1. The summed E-state index contributed by atoms with van der Waals surface area (Å²) in [5.41, 5.74) is 6.39. The van der Waals surface area contributed by atoms with E-state index in [4.69, 9.17) is 5.73 Å². The number of aromatic nitrogens is 3. The quantitative estimate of drug-likeness (QED) is 0.824. The Morgan fingerprint density at radius 3 is 2.89 bits per heavy atom. The Balaban J connectivity index is 2.04. The minimum atomic E-state index is -0.167. The molecule has 1 unspecified atom stereocenters. The average molecular weight is 261 g/mol. The molecule has 2 heterocycles. The molecule has 2 aromatic heterocycles. The van der Waals surface area contributed by atoms with E-state index in [0.29, 0.717) is 18.9 Å². The summed E-state index contributed by atoms with van der Waals surface area (Å²) < 4.78 is 1.85. The van der Waals surface area contributed by atoms with E-state index >= 15 is 0 Å². The van der Waals surface area contributed by atoms with Crippen LogP contribution in [-0.2, 0) is 11.3 Å². The highest BCUT2D eigenvalue weighted by atomic mass is 16.1. The maximum Gasteiger partial charge on any atom is 0.225 e. The molecule has 6 nitrogen and oxygen atoms in total. The molecule has 6 heteroatoms. The van der Waals surface area contributed by atoms with Gasteiger partial charge in [0.1, 0.15) is 0 Å². The van der Waals surface area contributed by atoms with E-state index < -0.39 is 0 Å². The topological polar surface area (TPSA) is 85.3 Å². The van der Waals surface area contributed by atoms with Crippen LogP contribution in [-0.4, -0.2) is 27.0 Å². The highest BCUT2D eigenvalue weighted by Gasteiger charge is 2.20. The molecule has 0 saturated heterocycles. The van der Waals surface area contributed by atoms with Crippen LogP contribution in [0.1, 0.15) is 19.7 Å². The third-order valence-electron chi connectivity index (χ3n) is 3.20.